The van der Waals surface area contributed by atoms with Gasteiger partial charge in [0.2, 0.25) is 4.80 Å². The maximum Gasteiger partial charge on any atom is 0.262 e. The highest BCUT2D eigenvalue weighted by Crippen LogP contribution is 2.33. The van der Waals surface area contributed by atoms with Crippen LogP contribution in [0.15, 0.2) is 56.3 Å². The van der Waals surface area contributed by atoms with Crippen LogP contribution in [0.4, 0.5) is 5.69 Å². The van der Waals surface area contributed by atoms with Gasteiger partial charge in [-0.25, -0.2) is 4.68 Å². The lowest BCUT2D eigenvalue weighted by Gasteiger charge is -2.18. The van der Waals surface area contributed by atoms with Gasteiger partial charge in [-0.3, -0.25) is 9.79 Å². The lowest BCUT2D eigenvalue weighted by Crippen LogP contribution is -2.25. The summed E-state index contributed by atoms with van der Waals surface area (Å²) in [5, 5.41) is 9.54. The number of halogens is 1. The molecule has 0 bridgehead atoms. The molecule has 2 aromatic carbocycles. The van der Waals surface area contributed by atoms with E-state index in [1.807, 2.05) is 48.7 Å². The molecule has 0 atom stereocenters. The molecule has 0 fully saturated rings. The van der Waals surface area contributed by atoms with E-state index in [4.69, 9.17) is 14.6 Å². The van der Waals surface area contributed by atoms with Crippen LogP contribution in [0.2, 0.25) is 0 Å². The molecule has 0 aliphatic carbocycles. The summed E-state index contributed by atoms with van der Waals surface area (Å²) in [7, 11) is 1.63. The molecule has 9 heteroatoms. The number of nitrogens with zero attached hydrogens (tertiary/aromatic N) is 3. The Morgan fingerprint density at radius 2 is 2.20 bits per heavy atom. The average Bonchev–Trinajstić information content (AvgIpc) is 3.14. The van der Waals surface area contributed by atoms with E-state index in [9.17, 15) is 4.79 Å². The molecule has 0 saturated carbocycles. The summed E-state index contributed by atoms with van der Waals surface area (Å²) in [5.41, 5.74) is 3.24. The minimum atomic E-state index is -0.167. The summed E-state index contributed by atoms with van der Waals surface area (Å²) in [6, 6.07) is 11.4. The van der Waals surface area contributed by atoms with Crippen molar-refractivity contribution in [2.75, 3.05) is 25.6 Å². The van der Waals surface area contributed by atoms with E-state index in [1.54, 1.807) is 18.0 Å². The molecule has 1 aromatic heterocycles. The number of methoxy groups -OCH3 is 1. The zero-order valence-electron chi connectivity index (χ0n) is 16.4. The molecule has 0 spiro atoms. The van der Waals surface area contributed by atoms with Gasteiger partial charge in [0.05, 0.1) is 24.7 Å². The SMILES string of the molecule is CCN=c1scc(-c2ccc3c(c2)NC(=O)CO3)n1N=Cc1cc(Br)ccc1OC. The van der Waals surface area contributed by atoms with E-state index in [2.05, 4.69) is 26.2 Å². The van der Waals surface area contributed by atoms with Crippen LogP contribution in [0, 0.1) is 0 Å². The highest BCUT2D eigenvalue weighted by Gasteiger charge is 2.17. The Labute approximate surface area is 185 Å². The predicted molar refractivity (Wildman–Crippen MR) is 122 cm³/mol. The van der Waals surface area contributed by atoms with Crippen molar-refractivity contribution in [3.05, 3.63) is 56.6 Å². The number of fused-ring (bicyclic) bond motifs is 1. The van der Waals surface area contributed by atoms with Crippen LogP contribution < -0.4 is 19.6 Å². The van der Waals surface area contributed by atoms with Gasteiger partial charge >= 0.3 is 0 Å². The molecule has 4 rings (SSSR count). The summed E-state index contributed by atoms with van der Waals surface area (Å²) in [6.07, 6.45) is 1.75. The highest BCUT2D eigenvalue weighted by molar-refractivity contribution is 9.10. The van der Waals surface area contributed by atoms with Crippen molar-refractivity contribution in [3.8, 4) is 22.8 Å². The average molecular weight is 487 g/mol. The molecule has 7 nitrogen and oxygen atoms in total. The summed E-state index contributed by atoms with van der Waals surface area (Å²) in [5.74, 6) is 1.21. The Morgan fingerprint density at radius 3 is 3.00 bits per heavy atom. The minimum absolute atomic E-state index is 0.0308. The van der Waals surface area contributed by atoms with Crippen molar-refractivity contribution in [2.24, 2.45) is 10.1 Å². The molecule has 0 saturated heterocycles. The Morgan fingerprint density at radius 1 is 1.33 bits per heavy atom. The molecular weight excluding hydrogens is 468 g/mol. The number of thiazole rings is 1. The number of nitrogens with one attached hydrogen (secondary N) is 1. The maximum absolute atomic E-state index is 11.7. The minimum Gasteiger partial charge on any atom is -0.496 e. The third kappa shape index (κ3) is 4.17. The first kappa shape index (κ1) is 20.4. The maximum atomic E-state index is 11.7. The molecule has 1 N–H and O–H groups in total. The highest BCUT2D eigenvalue weighted by atomic mass is 79.9. The molecule has 1 aliphatic rings. The van der Waals surface area contributed by atoms with Crippen LogP contribution >= 0.6 is 27.3 Å². The van der Waals surface area contributed by atoms with E-state index >= 15 is 0 Å². The van der Waals surface area contributed by atoms with Gasteiger partial charge in [-0.05, 0) is 43.3 Å². The lowest BCUT2D eigenvalue weighted by atomic mass is 10.1. The fourth-order valence-corrected chi connectivity index (χ4v) is 4.30. The Kier molecular flexibility index (Phi) is 6.01. The van der Waals surface area contributed by atoms with Crippen LogP contribution in [0.5, 0.6) is 11.5 Å². The second-order valence-corrected chi connectivity index (χ2v) is 8.12. The fraction of sp³-hybridized carbons (Fsp3) is 0.190. The number of hydrogen-bond donors (Lipinski definition) is 1. The number of carbonyl (C=O) groups excluding carboxylic acids is 1. The van der Waals surface area contributed by atoms with Crippen LogP contribution in [0.25, 0.3) is 11.3 Å². The quantitative estimate of drug-likeness (QED) is 0.550. The van der Waals surface area contributed by atoms with Crippen molar-refractivity contribution in [1.29, 1.82) is 0 Å². The first-order valence-corrected chi connectivity index (χ1v) is 10.9. The van der Waals surface area contributed by atoms with Gasteiger partial charge in [-0.1, -0.05) is 15.9 Å². The number of benzene rings is 2. The first-order chi connectivity index (χ1) is 14.6. The van der Waals surface area contributed by atoms with E-state index in [0.29, 0.717) is 18.0 Å². The Bertz CT molecular complexity index is 1200. The molecule has 2 heterocycles. The summed E-state index contributed by atoms with van der Waals surface area (Å²) < 4.78 is 13.6. The molecule has 0 radical (unpaired) electrons. The number of ether oxygens (including phenoxy) is 2. The Balaban J connectivity index is 1.79. The first-order valence-electron chi connectivity index (χ1n) is 9.25. The number of aromatic nitrogens is 1. The van der Waals surface area contributed by atoms with Crippen LogP contribution in [0.3, 0.4) is 0 Å². The largest absolute Gasteiger partial charge is 0.496 e. The van der Waals surface area contributed by atoms with E-state index in [0.717, 1.165) is 31.8 Å². The monoisotopic (exact) mass is 486 g/mol. The smallest absolute Gasteiger partial charge is 0.262 e. The van der Waals surface area contributed by atoms with Crippen molar-refractivity contribution in [3.63, 3.8) is 0 Å². The van der Waals surface area contributed by atoms with E-state index in [-0.39, 0.29) is 12.5 Å². The van der Waals surface area contributed by atoms with E-state index in [1.165, 1.54) is 11.3 Å². The standard InChI is InChI=1S/C21H19BrN4O3S/c1-3-23-21-26(24-10-14-8-15(22)5-7-18(14)28-2)17(12-30-21)13-4-6-19-16(9-13)25-20(27)11-29-19/h4-10,12H,3,11H2,1-2H3,(H,25,27). The number of carbonyl (C=O) groups is 1. The predicted octanol–water partition coefficient (Wildman–Crippen LogP) is 4.12. The van der Waals surface area contributed by atoms with Gasteiger partial charge in [0.1, 0.15) is 11.5 Å². The molecule has 154 valence electrons. The zero-order valence-corrected chi connectivity index (χ0v) is 18.8. The van der Waals surface area contributed by atoms with Gasteiger partial charge < -0.3 is 14.8 Å². The van der Waals surface area contributed by atoms with Gasteiger partial charge in [-0.15, -0.1) is 11.3 Å². The number of amides is 1. The molecular formula is C21H19BrN4O3S. The third-order valence-corrected chi connectivity index (χ3v) is 5.74. The molecule has 1 amide bonds. The van der Waals surface area contributed by atoms with Gasteiger partial charge in [0.25, 0.3) is 5.91 Å². The van der Waals surface area contributed by atoms with Gasteiger partial charge in [-0.2, -0.15) is 5.10 Å². The lowest BCUT2D eigenvalue weighted by molar-refractivity contribution is -0.118. The normalized spacial score (nSPS) is 13.8. The van der Waals surface area contributed by atoms with Crippen molar-refractivity contribution < 1.29 is 14.3 Å². The molecule has 1 aliphatic heterocycles. The topological polar surface area (TPSA) is 77.2 Å². The molecule has 3 aromatic rings. The van der Waals surface area contributed by atoms with Crippen LogP contribution in [-0.4, -0.2) is 37.1 Å². The van der Waals surface area contributed by atoms with Gasteiger partial charge in [0.15, 0.2) is 6.61 Å². The van der Waals surface area contributed by atoms with Crippen molar-refractivity contribution >= 4 is 45.1 Å². The molecule has 30 heavy (non-hydrogen) atoms. The number of hydrogen-bond acceptors (Lipinski definition) is 6. The second kappa shape index (κ2) is 8.85. The zero-order chi connectivity index (χ0) is 21.1. The number of rotatable bonds is 5. The third-order valence-electron chi connectivity index (χ3n) is 4.39. The summed E-state index contributed by atoms with van der Waals surface area (Å²) in [4.78, 5) is 17.0. The van der Waals surface area contributed by atoms with Crippen molar-refractivity contribution in [2.45, 2.75) is 6.92 Å². The van der Waals surface area contributed by atoms with E-state index < -0.39 is 0 Å². The second-order valence-electron chi connectivity index (χ2n) is 6.37. The fourth-order valence-electron chi connectivity index (χ4n) is 3.02. The van der Waals surface area contributed by atoms with Crippen LogP contribution in [-0.2, 0) is 4.79 Å². The summed E-state index contributed by atoms with van der Waals surface area (Å²) >= 11 is 4.99. The van der Waals surface area contributed by atoms with Crippen LogP contribution in [0.1, 0.15) is 12.5 Å². The number of anilines is 1. The molecule has 0 unspecified atom stereocenters. The van der Waals surface area contributed by atoms with Gasteiger partial charge in [0, 0.05) is 27.5 Å². The Hall–Kier alpha value is -2.91. The van der Waals surface area contributed by atoms with Crippen molar-refractivity contribution in [1.82, 2.24) is 4.68 Å². The summed E-state index contributed by atoms with van der Waals surface area (Å²) in [6.45, 7) is 2.66.